The molecule has 4 amide bonds. The quantitative estimate of drug-likeness (QED) is 0.562. The maximum atomic E-state index is 13.0. The van der Waals surface area contributed by atoms with E-state index in [4.69, 9.17) is 4.74 Å². The summed E-state index contributed by atoms with van der Waals surface area (Å²) in [6.07, 6.45) is 3.35. The number of hydrogen-bond acceptors (Lipinski definition) is 6. The predicted octanol–water partition coefficient (Wildman–Crippen LogP) is 2.98. The molecule has 0 aromatic carbocycles. The van der Waals surface area contributed by atoms with Crippen molar-refractivity contribution in [3.63, 3.8) is 0 Å². The van der Waals surface area contributed by atoms with Crippen LogP contribution in [0.2, 0.25) is 0 Å². The van der Waals surface area contributed by atoms with Crippen LogP contribution in [0.5, 0.6) is 0 Å². The monoisotopic (exact) mass is 421 g/mol. The van der Waals surface area contributed by atoms with Gasteiger partial charge in [-0.05, 0) is 45.1 Å². The second-order valence-corrected chi connectivity index (χ2v) is 8.92. The fourth-order valence-corrected chi connectivity index (χ4v) is 5.18. The van der Waals surface area contributed by atoms with Gasteiger partial charge < -0.3 is 15.4 Å². The first kappa shape index (κ1) is 21.3. The van der Waals surface area contributed by atoms with E-state index in [0.717, 1.165) is 34.6 Å². The van der Waals surface area contributed by atoms with Crippen LogP contribution in [0, 0.1) is 19.8 Å². The van der Waals surface area contributed by atoms with Gasteiger partial charge in [0.15, 0.2) is 0 Å². The highest BCUT2D eigenvalue weighted by molar-refractivity contribution is 7.16. The molecule has 0 unspecified atom stereocenters. The topological polar surface area (TPSA) is 105 Å². The van der Waals surface area contributed by atoms with Gasteiger partial charge in [0, 0.05) is 4.88 Å². The third-order valence-electron chi connectivity index (χ3n) is 5.92. The number of amides is 4. The molecule has 8 nitrogen and oxygen atoms in total. The third-order valence-corrected chi connectivity index (χ3v) is 7.04. The molecule has 9 heteroatoms. The number of nitrogens with one attached hydrogen (secondary N) is 2. The van der Waals surface area contributed by atoms with Crippen molar-refractivity contribution in [3.8, 4) is 0 Å². The molecule has 1 spiro atoms. The maximum absolute atomic E-state index is 13.0. The average molecular weight is 422 g/mol. The molecule has 0 radical (unpaired) electrons. The number of nitrogens with zero attached hydrogens (tertiary/aromatic N) is 1. The van der Waals surface area contributed by atoms with Gasteiger partial charge in [0.25, 0.3) is 5.91 Å². The lowest BCUT2D eigenvalue weighted by Gasteiger charge is -2.36. The van der Waals surface area contributed by atoms with Crippen molar-refractivity contribution in [2.24, 2.45) is 5.92 Å². The van der Waals surface area contributed by atoms with Crippen LogP contribution < -0.4 is 10.6 Å². The van der Waals surface area contributed by atoms with Gasteiger partial charge >= 0.3 is 12.0 Å². The number of thiophene rings is 1. The molecule has 0 bridgehead atoms. The first-order chi connectivity index (χ1) is 13.7. The molecular weight excluding hydrogens is 394 g/mol. The van der Waals surface area contributed by atoms with E-state index in [1.807, 2.05) is 13.8 Å². The Morgan fingerprint density at radius 3 is 2.69 bits per heavy atom. The number of urea groups is 1. The van der Waals surface area contributed by atoms with Gasteiger partial charge in [-0.25, -0.2) is 9.59 Å². The highest BCUT2D eigenvalue weighted by Crippen LogP contribution is 2.38. The van der Waals surface area contributed by atoms with Gasteiger partial charge in [0.05, 0.1) is 12.2 Å². The molecule has 1 aliphatic heterocycles. The molecule has 2 aliphatic rings. The second kappa shape index (κ2) is 8.14. The van der Waals surface area contributed by atoms with Crippen LogP contribution in [0.15, 0.2) is 0 Å². The van der Waals surface area contributed by atoms with E-state index in [9.17, 15) is 19.2 Å². The fraction of sp³-hybridized carbons (Fsp3) is 0.600. The number of imide groups is 1. The molecule has 1 aliphatic carbocycles. The number of ether oxygens (including phenoxy) is 1. The first-order valence-electron chi connectivity index (χ1n) is 9.92. The molecule has 1 aromatic rings. The van der Waals surface area contributed by atoms with Crippen molar-refractivity contribution >= 4 is 40.2 Å². The van der Waals surface area contributed by atoms with Crippen LogP contribution in [-0.4, -0.2) is 47.4 Å². The Balaban J connectivity index is 1.75. The fourth-order valence-electron chi connectivity index (χ4n) is 4.11. The van der Waals surface area contributed by atoms with Gasteiger partial charge in [-0.15, -0.1) is 11.3 Å². The molecule has 2 N–H and O–H groups in total. The number of esters is 1. The second-order valence-electron chi connectivity index (χ2n) is 7.70. The Kier molecular flexibility index (Phi) is 5.97. The highest BCUT2D eigenvalue weighted by atomic mass is 32.1. The number of aryl methyl sites for hydroxylation is 1. The van der Waals surface area contributed by atoms with Gasteiger partial charge in [-0.2, -0.15) is 0 Å². The minimum absolute atomic E-state index is 0.0266. The SMILES string of the molecule is CCOC(=O)c1c(NC(=O)CN2C(=O)N[C@]3(CCCC[C@@H]3C)C2=O)sc(C)c1C. The molecule has 29 heavy (non-hydrogen) atoms. The summed E-state index contributed by atoms with van der Waals surface area (Å²) >= 11 is 1.27. The normalized spacial score (nSPS) is 24.0. The molecular formula is C20H27N3O5S. The standard InChI is InChI=1S/C20H27N3O5S/c1-5-28-17(25)15-12(3)13(4)29-16(15)21-14(24)10-23-18(26)20(22-19(23)27)9-7-6-8-11(20)2/h11H,5-10H2,1-4H3,(H,21,24)(H,22,27)/t11-,20-/m0/s1. The zero-order chi connectivity index (χ0) is 21.3. The molecule has 2 atom stereocenters. The Bertz CT molecular complexity index is 865. The highest BCUT2D eigenvalue weighted by Gasteiger charge is 2.55. The van der Waals surface area contributed by atoms with Crippen molar-refractivity contribution < 1.29 is 23.9 Å². The zero-order valence-electron chi connectivity index (χ0n) is 17.2. The van der Waals surface area contributed by atoms with Crippen LogP contribution >= 0.6 is 11.3 Å². The molecule has 3 rings (SSSR count). The van der Waals surface area contributed by atoms with Crippen molar-refractivity contribution in [1.29, 1.82) is 0 Å². The lowest BCUT2D eigenvalue weighted by molar-refractivity contribution is -0.136. The van der Waals surface area contributed by atoms with Gasteiger partial charge in [0.2, 0.25) is 5.91 Å². The molecule has 158 valence electrons. The van der Waals surface area contributed by atoms with Crippen LogP contribution in [0.3, 0.4) is 0 Å². The van der Waals surface area contributed by atoms with E-state index in [0.29, 0.717) is 17.0 Å². The van der Waals surface area contributed by atoms with Gasteiger partial charge in [0.1, 0.15) is 17.1 Å². The number of hydrogen-bond donors (Lipinski definition) is 2. The lowest BCUT2D eigenvalue weighted by Crippen LogP contribution is -2.54. The summed E-state index contributed by atoms with van der Waals surface area (Å²) in [4.78, 5) is 52.2. The summed E-state index contributed by atoms with van der Waals surface area (Å²) in [5, 5.41) is 5.89. The number of carbonyl (C=O) groups is 4. The number of carbonyl (C=O) groups excluding carboxylic acids is 4. The summed E-state index contributed by atoms with van der Waals surface area (Å²) in [5.74, 6) is -1.34. The lowest BCUT2D eigenvalue weighted by atomic mass is 9.73. The van der Waals surface area contributed by atoms with Crippen LogP contribution in [0.4, 0.5) is 9.80 Å². The van der Waals surface area contributed by atoms with Gasteiger partial charge in [-0.3, -0.25) is 14.5 Å². The molecule has 2 heterocycles. The van der Waals surface area contributed by atoms with E-state index in [2.05, 4.69) is 10.6 Å². The third kappa shape index (κ3) is 3.75. The van der Waals surface area contributed by atoms with Crippen molar-refractivity contribution in [2.75, 3.05) is 18.5 Å². The molecule has 1 aromatic heterocycles. The van der Waals surface area contributed by atoms with Crippen LogP contribution in [0.1, 0.15) is 60.3 Å². The summed E-state index contributed by atoms with van der Waals surface area (Å²) in [6, 6.07) is -0.539. The van der Waals surface area contributed by atoms with Crippen molar-refractivity contribution in [2.45, 2.75) is 58.9 Å². The van der Waals surface area contributed by atoms with Crippen LogP contribution in [0.25, 0.3) is 0 Å². The van der Waals surface area contributed by atoms with Crippen molar-refractivity contribution in [1.82, 2.24) is 10.2 Å². The minimum atomic E-state index is -0.901. The Hall–Kier alpha value is -2.42. The van der Waals surface area contributed by atoms with E-state index < -0.39 is 30.0 Å². The van der Waals surface area contributed by atoms with E-state index in [1.54, 1.807) is 13.8 Å². The maximum Gasteiger partial charge on any atom is 0.341 e. The molecule has 2 fully saturated rings. The van der Waals surface area contributed by atoms with E-state index in [1.165, 1.54) is 11.3 Å². The molecule has 1 saturated heterocycles. The van der Waals surface area contributed by atoms with E-state index >= 15 is 0 Å². The zero-order valence-corrected chi connectivity index (χ0v) is 18.0. The number of anilines is 1. The van der Waals surface area contributed by atoms with Crippen LogP contribution in [-0.2, 0) is 14.3 Å². The summed E-state index contributed by atoms with van der Waals surface area (Å²) in [6.45, 7) is 7.15. The van der Waals surface area contributed by atoms with Gasteiger partial charge in [-0.1, -0.05) is 19.8 Å². The Morgan fingerprint density at radius 1 is 1.31 bits per heavy atom. The predicted molar refractivity (Wildman–Crippen MR) is 109 cm³/mol. The first-order valence-corrected chi connectivity index (χ1v) is 10.7. The Labute approximate surface area is 174 Å². The smallest absolute Gasteiger partial charge is 0.341 e. The summed E-state index contributed by atoms with van der Waals surface area (Å²) in [7, 11) is 0. The van der Waals surface area contributed by atoms with Crippen molar-refractivity contribution in [3.05, 3.63) is 16.0 Å². The van der Waals surface area contributed by atoms with E-state index in [-0.39, 0.29) is 18.4 Å². The number of rotatable bonds is 5. The largest absolute Gasteiger partial charge is 0.462 e. The summed E-state index contributed by atoms with van der Waals surface area (Å²) in [5.41, 5.74) is 0.160. The minimum Gasteiger partial charge on any atom is -0.462 e. The summed E-state index contributed by atoms with van der Waals surface area (Å²) < 4.78 is 5.09. The average Bonchev–Trinajstić information content (AvgIpc) is 3.06. The molecule has 1 saturated carbocycles. The Morgan fingerprint density at radius 2 is 2.03 bits per heavy atom.